The first-order chi connectivity index (χ1) is 17.8. The highest BCUT2D eigenvalue weighted by Gasteiger charge is 2.24. The minimum absolute atomic E-state index is 0.171. The Kier molecular flexibility index (Phi) is 7.11. The van der Waals surface area contributed by atoms with Gasteiger partial charge in [0, 0.05) is 16.6 Å². The third-order valence-corrected chi connectivity index (χ3v) is 7.05. The van der Waals surface area contributed by atoms with Crippen molar-refractivity contribution >= 4 is 59.9 Å². The summed E-state index contributed by atoms with van der Waals surface area (Å²) in [5, 5.41) is 18.2. The molecule has 0 unspecified atom stereocenters. The van der Waals surface area contributed by atoms with Crippen LogP contribution in [0.2, 0.25) is 0 Å². The van der Waals surface area contributed by atoms with Gasteiger partial charge in [0.15, 0.2) is 11.5 Å². The molecule has 0 spiro atoms. The summed E-state index contributed by atoms with van der Waals surface area (Å²) in [6.07, 6.45) is 2.93. The van der Waals surface area contributed by atoms with E-state index in [0.717, 1.165) is 18.2 Å². The van der Waals surface area contributed by atoms with Gasteiger partial charge in [-0.1, -0.05) is 48.5 Å². The number of anilines is 1. The van der Waals surface area contributed by atoms with Crippen molar-refractivity contribution in [2.45, 2.75) is 9.79 Å². The van der Waals surface area contributed by atoms with Gasteiger partial charge < -0.3 is 10.8 Å². The van der Waals surface area contributed by atoms with Crippen LogP contribution in [0.1, 0.15) is 15.9 Å². The molecule has 0 atom stereocenters. The molecule has 4 aromatic rings. The largest absolute Gasteiger partial charge is 0.505 e. The van der Waals surface area contributed by atoms with Crippen molar-refractivity contribution in [3.05, 3.63) is 90.0 Å². The number of benzene rings is 4. The minimum atomic E-state index is -4.98. The average molecular weight is 554 g/mol. The molecule has 13 heteroatoms. The molecular weight excluding hydrogens is 534 g/mol. The number of ketones is 1. The Balaban J connectivity index is 1.75. The van der Waals surface area contributed by atoms with Crippen molar-refractivity contribution in [1.82, 2.24) is 0 Å². The fraction of sp³-hybridized carbons (Fsp3) is 0. The van der Waals surface area contributed by atoms with Crippen molar-refractivity contribution in [2.75, 3.05) is 5.73 Å². The molecule has 0 heterocycles. The number of azo groups is 1. The molecule has 38 heavy (non-hydrogen) atoms. The molecule has 0 aromatic heterocycles. The second-order valence-corrected chi connectivity index (χ2v) is 10.8. The Morgan fingerprint density at radius 3 is 2.21 bits per heavy atom. The van der Waals surface area contributed by atoms with Gasteiger partial charge in [-0.25, -0.2) is 0 Å². The quantitative estimate of drug-likeness (QED) is 0.0805. The lowest BCUT2D eigenvalue weighted by atomic mass is 10.1. The maximum atomic E-state index is 12.3. The summed E-state index contributed by atoms with van der Waals surface area (Å²) in [6.45, 7) is 0. The molecule has 0 saturated carbocycles. The van der Waals surface area contributed by atoms with Crippen molar-refractivity contribution in [2.24, 2.45) is 10.2 Å². The van der Waals surface area contributed by atoms with Gasteiger partial charge >= 0.3 is 0 Å². The molecule has 4 rings (SSSR count). The number of rotatable bonds is 7. The smallest absolute Gasteiger partial charge is 0.296 e. The number of nitrogen functional groups attached to an aromatic ring is 1. The number of carbonyl (C=O) groups is 1. The first-order valence-corrected chi connectivity index (χ1v) is 13.6. The molecule has 0 aliphatic rings. The topological polar surface area (TPSA) is 197 Å². The summed E-state index contributed by atoms with van der Waals surface area (Å²) in [7, 11) is -9.69. The maximum absolute atomic E-state index is 12.3. The number of allylic oxidation sites excluding steroid dienone is 1. The van der Waals surface area contributed by atoms with Gasteiger partial charge in [0.25, 0.3) is 20.2 Å². The third kappa shape index (κ3) is 5.76. The lowest BCUT2D eigenvalue weighted by Gasteiger charge is -2.11. The Bertz CT molecular complexity index is 1850. The Morgan fingerprint density at radius 2 is 1.55 bits per heavy atom. The first-order valence-electron chi connectivity index (χ1n) is 10.7. The second-order valence-electron chi connectivity index (χ2n) is 7.99. The van der Waals surface area contributed by atoms with Gasteiger partial charge in [0.1, 0.15) is 10.6 Å². The van der Waals surface area contributed by atoms with E-state index in [1.54, 1.807) is 48.5 Å². The number of phenolic OH excluding ortho intramolecular Hbond substituents is 1. The average Bonchev–Trinajstić information content (AvgIpc) is 2.86. The summed E-state index contributed by atoms with van der Waals surface area (Å²) < 4.78 is 66.2. The van der Waals surface area contributed by atoms with E-state index in [1.165, 1.54) is 18.2 Å². The van der Waals surface area contributed by atoms with Gasteiger partial charge in [-0.05, 0) is 47.4 Å². The van der Waals surface area contributed by atoms with Gasteiger partial charge in [0.05, 0.1) is 10.6 Å². The van der Waals surface area contributed by atoms with Crippen LogP contribution < -0.4 is 5.73 Å². The van der Waals surface area contributed by atoms with E-state index in [9.17, 15) is 35.8 Å². The van der Waals surface area contributed by atoms with Crippen LogP contribution in [0.25, 0.3) is 16.8 Å². The highest BCUT2D eigenvalue weighted by Crippen LogP contribution is 2.44. The van der Waals surface area contributed by atoms with Gasteiger partial charge in [0.2, 0.25) is 0 Å². The molecule has 194 valence electrons. The van der Waals surface area contributed by atoms with Gasteiger partial charge in [-0.15, -0.1) is 5.11 Å². The highest BCUT2D eigenvalue weighted by atomic mass is 32.2. The van der Waals surface area contributed by atoms with Crippen LogP contribution in [0.3, 0.4) is 0 Å². The Morgan fingerprint density at radius 1 is 0.842 bits per heavy atom. The fourth-order valence-electron chi connectivity index (χ4n) is 3.60. The number of fused-ring (bicyclic) bond motifs is 1. The standard InChI is InChI=1S/C25H19N3O8S2/c26-20-14-19(37(31,32)33)12-17-13-22(38(34,35)36)24(25(30)23(17)20)28-27-18-8-4-5-15(11-18)9-10-21(29)16-6-2-1-3-7-16/h1-14,30H,26H2,(H,31,32,33)(H,34,35,36). The zero-order valence-electron chi connectivity index (χ0n) is 19.3. The fourth-order valence-corrected chi connectivity index (χ4v) is 4.81. The van der Waals surface area contributed by atoms with Crippen LogP contribution >= 0.6 is 0 Å². The van der Waals surface area contributed by atoms with Crippen LogP contribution in [0.5, 0.6) is 5.75 Å². The van der Waals surface area contributed by atoms with Crippen molar-refractivity contribution in [3.63, 3.8) is 0 Å². The molecule has 0 aliphatic carbocycles. The van der Waals surface area contributed by atoms with E-state index in [2.05, 4.69) is 10.2 Å². The number of nitrogens with two attached hydrogens (primary N) is 1. The number of carbonyl (C=O) groups excluding carboxylic acids is 1. The second kappa shape index (κ2) is 10.1. The molecule has 0 fully saturated rings. The molecule has 0 radical (unpaired) electrons. The molecule has 11 nitrogen and oxygen atoms in total. The molecule has 0 bridgehead atoms. The minimum Gasteiger partial charge on any atom is -0.505 e. The number of aromatic hydroxyl groups is 1. The normalized spacial score (nSPS) is 12.5. The number of phenols is 1. The summed E-state index contributed by atoms with van der Waals surface area (Å²) in [5.74, 6) is -1.01. The van der Waals surface area contributed by atoms with Crippen molar-refractivity contribution in [3.8, 4) is 5.75 Å². The van der Waals surface area contributed by atoms with Crippen molar-refractivity contribution < 1.29 is 35.8 Å². The highest BCUT2D eigenvalue weighted by molar-refractivity contribution is 7.86. The van der Waals surface area contributed by atoms with Gasteiger partial charge in [-0.3, -0.25) is 13.9 Å². The molecular formula is C25H19N3O8S2. The van der Waals surface area contributed by atoms with Crippen LogP contribution in [0, 0.1) is 0 Å². The summed E-state index contributed by atoms with van der Waals surface area (Å²) in [4.78, 5) is 10.8. The summed E-state index contributed by atoms with van der Waals surface area (Å²) in [6, 6.07) is 17.6. The van der Waals surface area contributed by atoms with E-state index in [0.29, 0.717) is 11.1 Å². The van der Waals surface area contributed by atoms with E-state index in [-0.39, 0.29) is 27.9 Å². The van der Waals surface area contributed by atoms with E-state index < -0.39 is 41.5 Å². The number of nitrogens with zero attached hydrogens (tertiary/aromatic N) is 2. The monoisotopic (exact) mass is 553 g/mol. The summed E-state index contributed by atoms with van der Waals surface area (Å²) >= 11 is 0. The number of hydrogen-bond donors (Lipinski definition) is 4. The first kappa shape index (κ1) is 26.6. The third-order valence-electron chi connectivity index (χ3n) is 5.35. The predicted octanol–water partition coefficient (Wildman–Crippen LogP) is 4.93. The lowest BCUT2D eigenvalue weighted by Crippen LogP contribution is -2.02. The van der Waals surface area contributed by atoms with Crippen LogP contribution in [-0.2, 0) is 20.2 Å². The van der Waals surface area contributed by atoms with E-state index in [1.807, 2.05) is 0 Å². The molecule has 0 amide bonds. The van der Waals surface area contributed by atoms with Crippen LogP contribution in [-0.4, -0.2) is 36.8 Å². The molecule has 0 aliphatic heterocycles. The molecule has 5 N–H and O–H groups in total. The zero-order chi connectivity index (χ0) is 27.7. The zero-order valence-corrected chi connectivity index (χ0v) is 20.9. The number of hydrogen-bond acceptors (Lipinski definition) is 9. The van der Waals surface area contributed by atoms with Crippen LogP contribution in [0.4, 0.5) is 17.1 Å². The lowest BCUT2D eigenvalue weighted by molar-refractivity contribution is 0.104. The maximum Gasteiger partial charge on any atom is 0.296 e. The van der Waals surface area contributed by atoms with Gasteiger partial charge in [-0.2, -0.15) is 21.9 Å². The molecule has 4 aromatic carbocycles. The van der Waals surface area contributed by atoms with Crippen LogP contribution in [0.15, 0.2) is 98.9 Å². The Labute approximate surface area is 217 Å². The van der Waals surface area contributed by atoms with Crippen molar-refractivity contribution in [1.29, 1.82) is 0 Å². The van der Waals surface area contributed by atoms with E-state index >= 15 is 0 Å². The Hall–Kier alpha value is -4.43. The predicted molar refractivity (Wildman–Crippen MR) is 140 cm³/mol. The molecule has 0 saturated heterocycles. The SMILES string of the molecule is Nc1cc(S(=O)(=O)O)cc2cc(S(=O)(=O)O)c(N=Nc3cccc(C=CC(=O)c4ccccc4)c3)c(O)c12. The summed E-state index contributed by atoms with van der Waals surface area (Å²) in [5.41, 5.74) is 6.20. The van der Waals surface area contributed by atoms with E-state index in [4.69, 9.17) is 5.73 Å².